The molecule has 0 saturated carbocycles. The predicted octanol–water partition coefficient (Wildman–Crippen LogP) is 0.249. The highest BCUT2D eigenvalue weighted by Crippen LogP contribution is 2.07. The Labute approximate surface area is 99.1 Å². The fourth-order valence-electron chi connectivity index (χ4n) is 0.703. The zero-order valence-corrected chi connectivity index (χ0v) is 9.85. The van der Waals surface area contributed by atoms with Gasteiger partial charge in [-0.1, -0.05) is 12.7 Å². The van der Waals surface area contributed by atoms with Crippen molar-refractivity contribution in [3.05, 3.63) is 25.8 Å². The van der Waals surface area contributed by atoms with Gasteiger partial charge in [0.1, 0.15) is 6.61 Å². The standard InChI is InChI=1S/C7H10O7S.C2H4/c1-2-3-14-7(10)5(4-6(8)9)15(11,12)13;1-2/h2,5H,1,3-4H2,(H,8,9)(H,11,12,13);1-2H2. The van der Waals surface area contributed by atoms with Gasteiger partial charge < -0.3 is 9.84 Å². The van der Waals surface area contributed by atoms with E-state index < -0.39 is 33.7 Å². The molecule has 98 valence electrons. The smallest absolute Gasteiger partial charge is 0.327 e. The maximum atomic E-state index is 11.0. The minimum absolute atomic E-state index is 0.259. The van der Waals surface area contributed by atoms with Crippen LogP contribution in [-0.4, -0.2) is 41.9 Å². The van der Waals surface area contributed by atoms with E-state index in [1.807, 2.05) is 0 Å². The lowest BCUT2D eigenvalue weighted by Gasteiger charge is -2.09. The van der Waals surface area contributed by atoms with Gasteiger partial charge in [0.05, 0.1) is 6.42 Å². The lowest BCUT2D eigenvalue weighted by atomic mass is 10.3. The van der Waals surface area contributed by atoms with Crippen LogP contribution in [0.5, 0.6) is 0 Å². The number of esters is 1. The van der Waals surface area contributed by atoms with Crippen LogP contribution in [0.25, 0.3) is 0 Å². The summed E-state index contributed by atoms with van der Waals surface area (Å²) >= 11 is 0. The summed E-state index contributed by atoms with van der Waals surface area (Å²) in [6, 6.07) is 0. The average Bonchev–Trinajstić information content (AvgIpc) is 2.23. The van der Waals surface area contributed by atoms with E-state index >= 15 is 0 Å². The molecule has 1 atom stereocenters. The largest absolute Gasteiger partial charge is 0.481 e. The summed E-state index contributed by atoms with van der Waals surface area (Å²) in [7, 11) is -4.78. The molecular weight excluding hydrogens is 252 g/mol. The Balaban J connectivity index is 0. The number of carboxylic acids is 1. The summed E-state index contributed by atoms with van der Waals surface area (Å²) in [4.78, 5) is 21.2. The van der Waals surface area contributed by atoms with Crippen LogP contribution in [0.15, 0.2) is 25.8 Å². The number of ether oxygens (including phenoxy) is 1. The second-order valence-corrected chi connectivity index (χ2v) is 4.12. The number of hydrogen-bond donors (Lipinski definition) is 2. The third kappa shape index (κ3) is 8.17. The quantitative estimate of drug-likeness (QED) is 0.402. The summed E-state index contributed by atoms with van der Waals surface area (Å²) in [6.45, 7) is 8.95. The first-order valence-corrected chi connectivity index (χ1v) is 5.75. The van der Waals surface area contributed by atoms with E-state index in [0.29, 0.717) is 0 Å². The molecule has 0 saturated heterocycles. The Bertz CT molecular complexity index is 371. The number of carbonyl (C=O) groups excluding carboxylic acids is 1. The molecule has 0 aromatic heterocycles. The first kappa shape index (κ1) is 17.7. The molecule has 7 nitrogen and oxygen atoms in total. The molecule has 0 aliphatic rings. The van der Waals surface area contributed by atoms with E-state index in [-0.39, 0.29) is 6.61 Å². The van der Waals surface area contributed by atoms with Crippen LogP contribution in [-0.2, 0) is 24.4 Å². The molecule has 0 bridgehead atoms. The van der Waals surface area contributed by atoms with Crippen LogP contribution in [0, 0.1) is 0 Å². The van der Waals surface area contributed by atoms with Gasteiger partial charge in [-0.05, 0) is 0 Å². The Hall–Kier alpha value is -1.67. The molecule has 0 aliphatic heterocycles. The number of carboxylic acid groups (broad SMARTS) is 1. The highest BCUT2D eigenvalue weighted by atomic mass is 32.2. The zero-order chi connectivity index (χ0) is 14.1. The van der Waals surface area contributed by atoms with E-state index in [2.05, 4.69) is 24.5 Å². The highest BCUT2D eigenvalue weighted by molar-refractivity contribution is 7.87. The van der Waals surface area contributed by atoms with Gasteiger partial charge in [-0.25, -0.2) is 0 Å². The number of hydrogen-bond acceptors (Lipinski definition) is 5. The van der Waals surface area contributed by atoms with Crippen molar-refractivity contribution < 1.29 is 32.4 Å². The van der Waals surface area contributed by atoms with Crippen molar-refractivity contribution in [1.82, 2.24) is 0 Å². The number of aliphatic carboxylic acids is 1. The summed E-state index contributed by atoms with van der Waals surface area (Å²) in [6.07, 6.45) is 0.133. The van der Waals surface area contributed by atoms with Gasteiger partial charge in [0.15, 0.2) is 5.25 Å². The lowest BCUT2D eigenvalue weighted by Crippen LogP contribution is -2.33. The number of rotatable bonds is 6. The fourth-order valence-corrected chi connectivity index (χ4v) is 1.37. The molecule has 0 fully saturated rings. The zero-order valence-electron chi connectivity index (χ0n) is 9.03. The Morgan fingerprint density at radius 2 is 1.82 bits per heavy atom. The van der Waals surface area contributed by atoms with Gasteiger partial charge in [-0.2, -0.15) is 8.42 Å². The molecule has 0 rings (SSSR count). The van der Waals surface area contributed by atoms with Crippen molar-refractivity contribution in [1.29, 1.82) is 0 Å². The maximum absolute atomic E-state index is 11.0. The first-order chi connectivity index (χ1) is 7.79. The van der Waals surface area contributed by atoms with Crippen LogP contribution in [0.1, 0.15) is 6.42 Å². The minimum Gasteiger partial charge on any atom is -0.481 e. The fraction of sp³-hybridized carbons (Fsp3) is 0.333. The topological polar surface area (TPSA) is 118 Å². The SMILES string of the molecule is C=C.C=CCOC(=O)C(CC(=O)O)S(=O)(=O)O. The molecular formula is C9H14O7S. The number of carbonyl (C=O) groups is 2. The molecule has 0 radical (unpaired) electrons. The summed E-state index contributed by atoms with van der Waals surface area (Å²) < 4.78 is 34.2. The summed E-state index contributed by atoms with van der Waals surface area (Å²) in [5, 5.41) is 6.22. The van der Waals surface area contributed by atoms with Gasteiger partial charge in [0.2, 0.25) is 0 Å². The normalized spacial score (nSPS) is 11.6. The molecule has 1 unspecified atom stereocenters. The lowest BCUT2D eigenvalue weighted by molar-refractivity contribution is -0.146. The maximum Gasteiger partial charge on any atom is 0.327 e. The van der Waals surface area contributed by atoms with Crippen LogP contribution >= 0.6 is 0 Å². The van der Waals surface area contributed by atoms with E-state index in [9.17, 15) is 18.0 Å². The summed E-state index contributed by atoms with van der Waals surface area (Å²) in [5.41, 5.74) is 0. The van der Waals surface area contributed by atoms with Crippen molar-refractivity contribution in [2.45, 2.75) is 11.7 Å². The molecule has 0 aromatic rings. The second-order valence-electron chi connectivity index (χ2n) is 2.52. The van der Waals surface area contributed by atoms with Gasteiger partial charge in [0.25, 0.3) is 10.1 Å². The molecule has 8 heteroatoms. The molecule has 2 N–H and O–H groups in total. The minimum atomic E-state index is -4.78. The second kappa shape index (κ2) is 8.48. The van der Waals surface area contributed by atoms with E-state index in [0.717, 1.165) is 0 Å². The third-order valence-corrected chi connectivity index (χ3v) is 2.40. The molecule has 0 amide bonds. The molecule has 0 aliphatic carbocycles. The van der Waals surface area contributed by atoms with Crippen LogP contribution in [0.2, 0.25) is 0 Å². The monoisotopic (exact) mass is 266 g/mol. The van der Waals surface area contributed by atoms with Gasteiger partial charge in [-0.15, -0.1) is 13.2 Å². The van der Waals surface area contributed by atoms with Crippen LogP contribution in [0.3, 0.4) is 0 Å². The van der Waals surface area contributed by atoms with E-state index in [1.54, 1.807) is 0 Å². The van der Waals surface area contributed by atoms with Crippen LogP contribution < -0.4 is 0 Å². The molecule has 0 spiro atoms. The van der Waals surface area contributed by atoms with Gasteiger partial charge in [0, 0.05) is 0 Å². The average molecular weight is 266 g/mol. The van der Waals surface area contributed by atoms with Crippen molar-refractivity contribution in [2.24, 2.45) is 0 Å². The molecule has 17 heavy (non-hydrogen) atoms. The Morgan fingerprint density at radius 1 is 1.35 bits per heavy atom. The van der Waals surface area contributed by atoms with Crippen LogP contribution in [0.4, 0.5) is 0 Å². The van der Waals surface area contributed by atoms with Crippen molar-refractivity contribution >= 4 is 22.1 Å². The van der Waals surface area contributed by atoms with Crippen molar-refractivity contribution in [2.75, 3.05) is 6.61 Å². The van der Waals surface area contributed by atoms with E-state index in [1.165, 1.54) is 6.08 Å². The molecule has 0 aromatic carbocycles. The van der Waals surface area contributed by atoms with Gasteiger partial charge in [-0.3, -0.25) is 14.1 Å². The van der Waals surface area contributed by atoms with Crippen molar-refractivity contribution in [3.63, 3.8) is 0 Å². The highest BCUT2D eigenvalue weighted by Gasteiger charge is 2.34. The predicted molar refractivity (Wildman–Crippen MR) is 60.0 cm³/mol. The molecule has 0 heterocycles. The van der Waals surface area contributed by atoms with Gasteiger partial charge >= 0.3 is 11.9 Å². The summed E-state index contributed by atoms with van der Waals surface area (Å²) in [5.74, 6) is -2.85. The third-order valence-electron chi connectivity index (χ3n) is 1.33. The van der Waals surface area contributed by atoms with E-state index in [4.69, 9.17) is 9.66 Å². The Morgan fingerprint density at radius 3 is 2.12 bits per heavy atom. The van der Waals surface area contributed by atoms with Crippen molar-refractivity contribution in [3.8, 4) is 0 Å². The Kier molecular flexibility index (Phi) is 8.84. The first-order valence-electron chi connectivity index (χ1n) is 4.24.